The number of imidazole rings is 1. The van der Waals surface area contributed by atoms with Gasteiger partial charge in [-0.15, -0.1) is 11.3 Å². The van der Waals surface area contributed by atoms with Crippen LogP contribution in [0.3, 0.4) is 0 Å². The molecular formula is C16H12BrN3S. The van der Waals surface area contributed by atoms with Crippen LogP contribution in [0.15, 0.2) is 46.4 Å². The summed E-state index contributed by atoms with van der Waals surface area (Å²) in [6.07, 6.45) is 1.98. The van der Waals surface area contributed by atoms with Crippen LogP contribution in [0.1, 0.15) is 5.56 Å². The normalized spacial score (nSPS) is 11.5. The summed E-state index contributed by atoms with van der Waals surface area (Å²) in [5.74, 6) is 0.675. The lowest BCUT2D eigenvalue weighted by Crippen LogP contribution is -1.94. The number of rotatable bonds is 1. The van der Waals surface area contributed by atoms with E-state index >= 15 is 0 Å². The first-order valence-electron chi connectivity index (χ1n) is 6.55. The number of benzene rings is 1. The quantitative estimate of drug-likeness (QED) is 0.528. The minimum atomic E-state index is 0.675. The van der Waals surface area contributed by atoms with Gasteiger partial charge in [-0.1, -0.05) is 18.2 Å². The number of aryl methyl sites for hydroxylation is 1. The zero-order valence-electron chi connectivity index (χ0n) is 11.3. The molecule has 2 N–H and O–H groups in total. The van der Waals surface area contributed by atoms with Crippen molar-refractivity contribution in [1.82, 2.24) is 9.38 Å². The monoisotopic (exact) mass is 357 g/mol. The molecule has 104 valence electrons. The summed E-state index contributed by atoms with van der Waals surface area (Å²) in [5, 5.41) is 3.33. The Morgan fingerprint density at radius 1 is 1.29 bits per heavy atom. The molecule has 0 radical (unpaired) electrons. The van der Waals surface area contributed by atoms with Crippen molar-refractivity contribution in [3.8, 4) is 11.3 Å². The van der Waals surface area contributed by atoms with Crippen molar-refractivity contribution in [2.24, 2.45) is 0 Å². The fraction of sp³-hybridized carbons (Fsp3) is 0.0625. The molecular weight excluding hydrogens is 346 g/mol. The first-order valence-corrected chi connectivity index (χ1v) is 8.22. The zero-order valence-corrected chi connectivity index (χ0v) is 13.7. The van der Waals surface area contributed by atoms with Crippen molar-refractivity contribution in [3.63, 3.8) is 0 Å². The predicted molar refractivity (Wildman–Crippen MR) is 92.9 cm³/mol. The van der Waals surface area contributed by atoms with Crippen molar-refractivity contribution in [2.45, 2.75) is 6.92 Å². The number of nitrogen functional groups attached to an aromatic ring is 1. The number of thiophene rings is 1. The molecule has 21 heavy (non-hydrogen) atoms. The maximum atomic E-state index is 6.32. The molecule has 3 heterocycles. The maximum Gasteiger partial charge on any atom is 0.139 e. The summed E-state index contributed by atoms with van der Waals surface area (Å²) < 4.78 is 4.21. The van der Waals surface area contributed by atoms with Crippen LogP contribution in [-0.2, 0) is 0 Å². The van der Waals surface area contributed by atoms with Gasteiger partial charge in [-0.25, -0.2) is 4.98 Å². The molecule has 3 nitrogen and oxygen atoms in total. The summed E-state index contributed by atoms with van der Waals surface area (Å²) in [6, 6.07) is 10.4. The minimum absolute atomic E-state index is 0.675. The van der Waals surface area contributed by atoms with Crippen molar-refractivity contribution >= 4 is 48.8 Å². The Morgan fingerprint density at radius 2 is 2.10 bits per heavy atom. The molecule has 0 unspecified atom stereocenters. The molecule has 0 saturated carbocycles. The van der Waals surface area contributed by atoms with E-state index in [2.05, 4.69) is 46.4 Å². The van der Waals surface area contributed by atoms with Crippen LogP contribution >= 0.6 is 27.3 Å². The van der Waals surface area contributed by atoms with Gasteiger partial charge in [0.2, 0.25) is 0 Å². The first-order chi connectivity index (χ1) is 10.1. The summed E-state index contributed by atoms with van der Waals surface area (Å²) in [5.41, 5.74) is 10.3. The molecule has 0 spiro atoms. The number of pyridine rings is 1. The Kier molecular flexibility index (Phi) is 2.80. The topological polar surface area (TPSA) is 43.3 Å². The highest BCUT2D eigenvalue weighted by molar-refractivity contribution is 9.10. The van der Waals surface area contributed by atoms with Crippen molar-refractivity contribution < 1.29 is 0 Å². The Balaban J connectivity index is 2.04. The van der Waals surface area contributed by atoms with Crippen LogP contribution < -0.4 is 5.73 Å². The lowest BCUT2D eigenvalue weighted by atomic mass is 10.1. The van der Waals surface area contributed by atoms with E-state index in [1.54, 1.807) is 11.3 Å². The lowest BCUT2D eigenvalue weighted by molar-refractivity contribution is 1.16. The SMILES string of the molecule is Cc1cc2nc(-c3csc4ccccc34)c(N)n2cc1Br. The molecule has 0 aliphatic heterocycles. The third-order valence-corrected chi connectivity index (χ3v) is 5.47. The van der Waals surface area contributed by atoms with Crippen LogP contribution in [0, 0.1) is 6.92 Å². The van der Waals surface area contributed by atoms with Crippen molar-refractivity contribution in [1.29, 1.82) is 0 Å². The van der Waals surface area contributed by atoms with Gasteiger partial charge in [0, 0.05) is 31.7 Å². The van der Waals surface area contributed by atoms with Crippen LogP contribution in [-0.4, -0.2) is 9.38 Å². The molecule has 0 atom stereocenters. The standard InChI is InChI=1S/C16H12BrN3S/c1-9-6-14-19-15(16(18)20(14)7-12(9)17)11-8-21-13-5-3-2-4-10(11)13/h2-8H,18H2,1H3. The number of anilines is 1. The summed E-state index contributed by atoms with van der Waals surface area (Å²) in [4.78, 5) is 4.73. The van der Waals surface area contributed by atoms with Gasteiger partial charge in [-0.3, -0.25) is 4.40 Å². The average molecular weight is 358 g/mol. The van der Waals surface area contributed by atoms with Gasteiger partial charge >= 0.3 is 0 Å². The number of halogens is 1. The third-order valence-electron chi connectivity index (χ3n) is 3.68. The number of nitrogens with zero attached hydrogens (tertiary/aromatic N) is 2. The number of hydrogen-bond acceptors (Lipinski definition) is 3. The minimum Gasteiger partial charge on any atom is -0.383 e. The molecule has 0 aliphatic rings. The Labute approximate surface area is 134 Å². The van der Waals surface area contributed by atoms with E-state index in [0.29, 0.717) is 5.82 Å². The highest BCUT2D eigenvalue weighted by Gasteiger charge is 2.15. The smallest absolute Gasteiger partial charge is 0.139 e. The molecule has 0 saturated heterocycles. The predicted octanol–water partition coefficient (Wildman–Crippen LogP) is 4.87. The molecule has 1 aromatic carbocycles. The van der Waals surface area contributed by atoms with Gasteiger partial charge in [0.05, 0.1) is 0 Å². The first kappa shape index (κ1) is 12.9. The number of nitrogens with two attached hydrogens (primary N) is 1. The molecule has 4 rings (SSSR count). The van der Waals surface area contributed by atoms with E-state index in [9.17, 15) is 0 Å². The van der Waals surface area contributed by atoms with Gasteiger partial charge in [0.1, 0.15) is 17.2 Å². The van der Waals surface area contributed by atoms with E-state index in [1.807, 2.05) is 22.7 Å². The second kappa shape index (κ2) is 4.58. The fourth-order valence-electron chi connectivity index (χ4n) is 2.54. The highest BCUT2D eigenvalue weighted by Crippen LogP contribution is 2.37. The number of hydrogen-bond donors (Lipinski definition) is 1. The van der Waals surface area contributed by atoms with Gasteiger partial charge < -0.3 is 5.73 Å². The third kappa shape index (κ3) is 1.88. The fourth-order valence-corrected chi connectivity index (χ4v) is 3.80. The van der Waals surface area contributed by atoms with Gasteiger partial charge in [0.25, 0.3) is 0 Å². The van der Waals surface area contributed by atoms with E-state index < -0.39 is 0 Å². The maximum absolute atomic E-state index is 6.32. The molecule has 0 fully saturated rings. The van der Waals surface area contributed by atoms with Crippen LogP contribution in [0.25, 0.3) is 27.0 Å². The van der Waals surface area contributed by atoms with Crippen molar-refractivity contribution in [3.05, 3.63) is 51.9 Å². The second-order valence-corrected chi connectivity index (χ2v) is 6.79. The lowest BCUT2D eigenvalue weighted by Gasteiger charge is -2.01. The second-order valence-electron chi connectivity index (χ2n) is 5.02. The average Bonchev–Trinajstić information content (AvgIpc) is 3.03. The molecule has 5 heteroatoms. The van der Waals surface area contributed by atoms with Gasteiger partial charge in [0.15, 0.2) is 0 Å². The Hall–Kier alpha value is -1.85. The largest absolute Gasteiger partial charge is 0.383 e. The van der Waals surface area contributed by atoms with E-state index in [4.69, 9.17) is 10.7 Å². The summed E-state index contributed by atoms with van der Waals surface area (Å²) >= 11 is 5.27. The molecule has 0 amide bonds. The number of fused-ring (bicyclic) bond motifs is 2. The van der Waals surface area contributed by atoms with Gasteiger partial charge in [-0.05, 0) is 40.5 Å². The van der Waals surface area contributed by atoms with E-state index in [-0.39, 0.29) is 0 Å². The van der Waals surface area contributed by atoms with Crippen LogP contribution in [0.4, 0.5) is 5.82 Å². The zero-order chi connectivity index (χ0) is 14.6. The summed E-state index contributed by atoms with van der Waals surface area (Å²) in [7, 11) is 0. The summed E-state index contributed by atoms with van der Waals surface area (Å²) in [6.45, 7) is 2.05. The Bertz CT molecular complexity index is 984. The highest BCUT2D eigenvalue weighted by atomic mass is 79.9. The van der Waals surface area contributed by atoms with Crippen molar-refractivity contribution in [2.75, 3.05) is 5.73 Å². The van der Waals surface area contributed by atoms with E-state index in [0.717, 1.165) is 26.9 Å². The molecule has 4 aromatic rings. The van der Waals surface area contributed by atoms with Crippen LogP contribution in [0.5, 0.6) is 0 Å². The molecule has 3 aromatic heterocycles. The molecule has 0 aliphatic carbocycles. The van der Waals surface area contributed by atoms with Gasteiger partial charge in [-0.2, -0.15) is 0 Å². The number of aromatic nitrogens is 2. The van der Waals surface area contributed by atoms with E-state index in [1.165, 1.54) is 10.1 Å². The van der Waals surface area contributed by atoms with Crippen LogP contribution in [0.2, 0.25) is 0 Å². The molecule has 0 bridgehead atoms. The Morgan fingerprint density at radius 3 is 2.95 bits per heavy atom.